The molecule has 0 unspecified atom stereocenters. The van der Waals surface area contributed by atoms with Gasteiger partial charge in [-0.05, 0) is 35.6 Å². The average molecular weight is 414 g/mol. The Balaban J connectivity index is 1.57. The second kappa shape index (κ2) is 9.24. The van der Waals surface area contributed by atoms with E-state index in [1.165, 1.54) is 16.0 Å². The van der Waals surface area contributed by atoms with Crippen molar-refractivity contribution in [3.8, 4) is 11.5 Å². The number of hydrogen-bond donors (Lipinski definition) is 2. The Kier molecular flexibility index (Phi) is 6.50. The third-order valence-corrected chi connectivity index (χ3v) is 5.11. The first-order valence-electron chi connectivity index (χ1n) is 8.90. The third kappa shape index (κ3) is 4.94. The van der Waals surface area contributed by atoms with Gasteiger partial charge in [0, 0.05) is 19.7 Å². The Morgan fingerprint density at radius 1 is 1.10 bits per heavy atom. The van der Waals surface area contributed by atoms with E-state index >= 15 is 0 Å². The molecule has 152 valence electrons. The monoisotopic (exact) mass is 414 g/mol. The summed E-state index contributed by atoms with van der Waals surface area (Å²) in [6, 6.07) is 10.7. The highest BCUT2D eigenvalue weighted by Crippen LogP contribution is 2.27. The van der Waals surface area contributed by atoms with Crippen LogP contribution >= 0.6 is 11.3 Å². The summed E-state index contributed by atoms with van der Waals surface area (Å²) in [5.74, 6) is 1.22. The maximum atomic E-state index is 12.4. The number of nitrogens with one attached hydrogen (secondary N) is 2. The lowest BCUT2D eigenvalue weighted by atomic mass is 10.1. The molecule has 2 N–H and O–H groups in total. The van der Waals surface area contributed by atoms with Crippen molar-refractivity contribution in [3.63, 3.8) is 0 Å². The maximum absolute atomic E-state index is 12.4. The number of ether oxygens (including phenoxy) is 2. The van der Waals surface area contributed by atoms with Crippen molar-refractivity contribution in [2.24, 2.45) is 7.05 Å². The van der Waals surface area contributed by atoms with Crippen molar-refractivity contribution in [2.75, 3.05) is 26.1 Å². The van der Waals surface area contributed by atoms with Gasteiger partial charge in [0.15, 0.2) is 17.2 Å². The van der Waals surface area contributed by atoms with Crippen molar-refractivity contribution in [1.82, 2.24) is 15.1 Å². The molecule has 1 aromatic carbocycles. The van der Waals surface area contributed by atoms with Crippen LogP contribution in [0.15, 0.2) is 41.8 Å². The summed E-state index contributed by atoms with van der Waals surface area (Å²) in [5, 5.41) is 11.6. The topological polar surface area (TPSA) is 94.5 Å². The second-order valence-electron chi connectivity index (χ2n) is 6.17. The van der Waals surface area contributed by atoms with Crippen LogP contribution in [0.3, 0.4) is 0 Å². The molecule has 2 amide bonds. The molecule has 9 heteroatoms. The minimum atomic E-state index is -0.308. The molecule has 0 bridgehead atoms. The summed E-state index contributed by atoms with van der Waals surface area (Å²) in [6.07, 6.45) is 0.626. The highest BCUT2D eigenvalue weighted by atomic mass is 32.1. The Labute approximate surface area is 172 Å². The van der Waals surface area contributed by atoms with Crippen LogP contribution in [0.25, 0.3) is 0 Å². The van der Waals surface area contributed by atoms with Crippen molar-refractivity contribution < 1.29 is 19.1 Å². The lowest BCUT2D eigenvalue weighted by Gasteiger charge is -2.09. The smallest absolute Gasteiger partial charge is 0.271 e. The summed E-state index contributed by atoms with van der Waals surface area (Å²) < 4.78 is 12.0. The van der Waals surface area contributed by atoms with Crippen LogP contribution in [0.5, 0.6) is 11.5 Å². The number of anilines is 1. The van der Waals surface area contributed by atoms with Crippen LogP contribution in [0.4, 0.5) is 5.82 Å². The van der Waals surface area contributed by atoms with Gasteiger partial charge in [-0.15, -0.1) is 11.3 Å². The summed E-state index contributed by atoms with van der Waals surface area (Å²) >= 11 is 1.35. The van der Waals surface area contributed by atoms with Gasteiger partial charge in [-0.1, -0.05) is 12.1 Å². The summed E-state index contributed by atoms with van der Waals surface area (Å²) in [4.78, 5) is 25.2. The molecule has 0 fully saturated rings. The molecule has 0 saturated carbocycles. The van der Waals surface area contributed by atoms with Gasteiger partial charge in [-0.25, -0.2) is 0 Å². The van der Waals surface area contributed by atoms with E-state index in [4.69, 9.17) is 9.47 Å². The molecule has 0 spiro atoms. The van der Waals surface area contributed by atoms with Gasteiger partial charge in [-0.2, -0.15) is 5.10 Å². The Morgan fingerprint density at radius 3 is 2.59 bits per heavy atom. The summed E-state index contributed by atoms with van der Waals surface area (Å²) in [6.45, 7) is 0.432. The fourth-order valence-corrected chi connectivity index (χ4v) is 3.35. The Morgan fingerprint density at radius 2 is 1.90 bits per heavy atom. The van der Waals surface area contributed by atoms with Gasteiger partial charge in [0.25, 0.3) is 11.8 Å². The van der Waals surface area contributed by atoms with Crippen molar-refractivity contribution >= 4 is 29.0 Å². The quantitative estimate of drug-likeness (QED) is 0.591. The molecule has 29 heavy (non-hydrogen) atoms. The highest BCUT2D eigenvalue weighted by Gasteiger charge is 2.15. The van der Waals surface area contributed by atoms with Crippen LogP contribution in [-0.4, -0.2) is 42.4 Å². The molecule has 0 saturated heterocycles. The van der Waals surface area contributed by atoms with Crippen LogP contribution < -0.4 is 20.1 Å². The van der Waals surface area contributed by atoms with Crippen molar-refractivity contribution in [1.29, 1.82) is 0 Å². The van der Waals surface area contributed by atoms with Gasteiger partial charge in [-0.3, -0.25) is 14.3 Å². The van der Waals surface area contributed by atoms with Gasteiger partial charge < -0.3 is 20.1 Å². The number of amides is 2. The van der Waals surface area contributed by atoms with Crippen LogP contribution in [0, 0.1) is 0 Å². The first-order valence-corrected chi connectivity index (χ1v) is 9.77. The van der Waals surface area contributed by atoms with Crippen LogP contribution in [0.2, 0.25) is 0 Å². The first-order chi connectivity index (χ1) is 14.0. The molecular weight excluding hydrogens is 392 g/mol. The highest BCUT2D eigenvalue weighted by molar-refractivity contribution is 7.12. The molecule has 8 nitrogen and oxygen atoms in total. The summed E-state index contributed by atoms with van der Waals surface area (Å²) in [5.41, 5.74) is 1.24. The van der Waals surface area contributed by atoms with E-state index in [-0.39, 0.29) is 17.5 Å². The van der Waals surface area contributed by atoms with Crippen LogP contribution in [0.1, 0.15) is 25.7 Å². The average Bonchev–Trinajstić information content (AvgIpc) is 3.38. The van der Waals surface area contributed by atoms with E-state index in [0.29, 0.717) is 35.2 Å². The van der Waals surface area contributed by atoms with E-state index < -0.39 is 0 Å². The number of aryl methyl sites for hydroxylation is 1. The third-order valence-electron chi connectivity index (χ3n) is 4.25. The van der Waals surface area contributed by atoms with Crippen LogP contribution in [-0.2, 0) is 13.5 Å². The largest absolute Gasteiger partial charge is 0.493 e. The lowest BCUT2D eigenvalue weighted by Crippen LogP contribution is -2.26. The number of aromatic nitrogens is 2. The zero-order valence-corrected chi connectivity index (χ0v) is 17.2. The predicted molar refractivity (Wildman–Crippen MR) is 111 cm³/mol. The zero-order chi connectivity index (χ0) is 20.8. The molecular formula is C20H22N4O4S. The number of thiophene rings is 1. The van der Waals surface area contributed by atoms with E-state index in [1.807, 2.05) is 23.6 Å². The number of nitrogens with zero attached hydrogens (tertiary/aromatic N) is 2. The Bertz CT molecular complexity index is 998. The van der Waals surface area contributed by atoms with E-state index in [1.54, 1.807) is 39.5 Å². The fourth-order valence-electron chi connectivity index (χ4n) is 2.73. The molecule has 0 aliphatic rings. The second-order valence-corrected chi connectivity index (χ2v) is 7.11. The van der Waals surface area contributed by atoms with E-state index in [0.717, 1.165) is 5.56 Å². The minimum absolute atomic E-state index is 0.233. The molecule has 2 heterocycles. The lowest BCUT2D eigenvalue weighted by molar-refractivity contribution is 0.0947. The van der Waals surface area contributed by atoms with Gasteiger partial charge in [0.2, 0.25) is 0 Å². The van der Waals surface area contributed by atoms with Gasteiger partial charge >= 0.3 is 0 Å². The van der Waals surface area contributed by atoms with E-state index in [2.05, 4.69) is 15.7 Å². The SMILES string of the molecule is COc1ccc(CCNC(=O)c2cc(NC(=O)c3cccs3)n(C)n2)cc1OC. The molecule has 3 rings (SSSR count). The molecule has 3 aromatic rings. The van der Waals surface area contributed by atoms with Crippen molar-refractivity contribution in [3.05, 3.63) is 57.9 Å². The predicted octanol–water partition coefficient (Wildman–Crippen LogP) is 2.72. The fraction of sp³-hybridized carbons (Fsp3) is 0.250. The molecule has 0 radical (unpaired) electrons. The number of hydrogen-bond acceptors (Lipinski definition) is 6. The molecule has 0 atom stereocenters. The zero-order valence-electron chi connectivity index (χ0n) is 16.4. The number of benzene rings is 1. The number of carbonyl (C=O) groups excluding carboxylic acids is 2. The number of methoxy groups -OCH3 is 2. The molecule has 2 aromatic heterocycles. The molecule has 0 aliphatic heterocycles. The normalized spacial score (nSPS) is 10.4. The van der Waals surface area contributed by atoms with Gasteiger partial charge in [0.1, 0.15) is 5.82 Å². The number of rotatable bonds is 8. The van der Waals surface area contributed by atoms with Crippen molar-refractivity contribution in [2.45, 2.75) is 6.42 Å². The molecule has 0 aliphatic carbocycles. The number of carbonyl (C=O) groups is 2. The minimum Gasteiger partial charge on any atom is -0.493 e. The summed E-state index contributed by atoms with van der Waals surface area (Å²) in [7, 11) is 4.84. The standard InChI is InChI=1S/C20H22N4O4S/c1-24-18(22-20(26)17-5-4-10-29-17)12-14(23-24)19(25)21-9-8-13-6-7-15(27-2)16(11-13)28-3/h4-7,10-12H,8-9H2,1-3H3,(H,21,25)(H,22,26). The maximum Gasteiger partial charge on any atom is 0.271 e. The Hall–Kier alpha value is -3.33. The first kappa shape index (κ1) is 20.4. The van der Waals surface area contributed by atoms with Gasteiger partial charge in [0.05, 0.1) is 19.1 Å². The van der Waals surface area contributed by atoms with E-state index in [9.17, 15) is 9.59 Å².